The van der Waals surface area contributed by atoms with Crippen molar-refractivity contribution in [3.63, 3.8) is 0 Å². The summed E-state index contributed by atoms with van der Waals surface area (Å²) in [7, 11) is 1.69. The molecule has 1 aliphatic rings. The van der Waals surface area contributed by atoms with Crippen LogP contribution in [0.5, 0.6) is 5.75 Å². The van der Waals surface area contributed by atoms with Gasteiger partial charge in [0, 0.05) is 49.3 Å². The van der Waals surface area contributed by atoms with E-state index in [2.05, 4.69) is 31.8 Å². The summed E-state index contributed by atoms with van der Waals surface area (Å²) in [6, 6.07) is 20.7. The average Bonchev–Trinajstić information content (AvgIpc) is 2.89. The van der Waals surface area contributed by atoms with Crippen molar-refractivity contribution in [2.75, 3.05) is 53.7 Å². The van der Waals surface area contributed by atoms with Gasteiger partial charge in [0.1, 0.15) is 5.75 Å². The lowest BCUT2D eigenvalue weighted by molar-refractivity contribution is 0.0943. The van der Waals surface area contributed by atoms with E-state index >= 15 is 0 Å². The molecule has 3 N–H and O–H groups in total. The molecular weight excluding hydrogens is 466 g/mol. The fourth-order valence-corrected chi connectivity index (χ4v) is 4.42. The van der Waals surface area contributed by atoms with Crippen molar-refractivity contribution in [2.45, 2.75) is 26.8 Å². The van der Waals surface area contributed by atoms with Gasteiger partial charge in [0.15, 0.2) is 0 Å². The van der Waals surface area contributed by atoms with E-state index in [-0.39, 0.29) is 18.0 Å². The second-order valence-electron chi connectivity index (χ2n) is 9.45. The van der Waals surface area contributed by atoms with E-state index in [0.717, 1.165) is 48.9 Å². The lowest BCUT2D eigenvalue weighted by Crippen LogP contribution is -2.47. The van der Waals surface area contributed by atoms with Gasteiger partial charge < -0.3 is 30.5 Å². The van der Waals surface area contributed by atoms with Gasteiger partial charge in [-0.15, -0.1) is 0 Å². The predicted molar refractivity (Wildman–Crippen MR) is 150 cm³/mol. The molecule has 3 aromatic rings. The van der Waals surface area contributed by atoms with E-state index in [4.69, 9.17) is 4.74 Å². The molecule has 1 heterocycles. The van der Waals surface area contributed by atoms with Crippen LogP contribution in [-0.4, -0.2) is 51.3 Å². The van der Waals surface area contributed by atoms with Crippen molar-refractivity contribution in [2.24, 2.45) is 0 Å². The summed E-state index contributed by atoms with van der Waals surface area (Å²) < 4.78 is 5.54. The summed E-state index contributed by atoms with van der Waals surface area (Å²) in [6.45, 7) is 8.95. The minimum atomic E-state index is -0.364. The van der Waals surface area contributed by atoms with Crippen molar-refractivity contribution in [3.8, 4) is 5.75 Å². The minimum Gasteiger partial charge on any atom is -0.495 e. The molecule has 0 saturated carbocycles. The highest BCUT2D eigenvalue weighted by atomic mass is 16.5. The first-order valence-corrected chi connectivity index (χ1v) is 12.6. The number of anilines is 4. The molecule has 0 spiro atoms. The Balaban J connectivity index is 1.50. The zero-order valence-electron chi connectivity index (χ0n) is 21.9. The van der Waals surface area contributed by atoms with E-state index in [9.17, 15) is 9.59 Å². The number of benzene rings is 3. The molecule has 0 aliphatic carbocycles. The van der Waals surface area contributed by atoms with Gasteiger partial charge in [0.2, 0.25) is 0 Å². The van der Waals surface area contributed by atoms with Gasteiger partial charge in [-0.3, -0.25) is 4.79 Å². The quantitative estimate of drug-likeness (QED) is 0.419. The summed E-state index contributed by atoms with van der Waals surface area (Å²) in [5.41, 5.74) is 4.82. The molecule has 1 fully saturated rings. The highest BCUT2D eigenvalue weighted by Gasteiger charge is 2.24. The van der Waals surface area contributed by atoms with Gasteiger partial charge in [0.05, 0.1) is 18.4 Å². The zero-order valence-corrected chi connectivity index (χ0v) is 21.9. The number of nitrogens with zero attached hydrogens (tertiary/aromatic N) is 2. The van der Waals surface area contributed by atoms with Crippen molar-refractivity contribution >= 4 is 34.7 Å². The minimum absolute atomic E-state index is 0.0100. The van der Waals surface area contributed by atoms with Gasteiger partial charge >= 0.3 is 6.03 Å². The molecule has 8 nitrogen and oxygen atoms in total. The molecule has 0 aromatic heterocycles. The largest absolute Gasteiger partial charge is 0.495 e. The SMILES string of the molecule is COc1ccccc1N1CCN(c2ccc(NC(=O)Nc3ccc(C)cc3)cc2C(=O)NC(C)C)CC1. The number of carbonyl (C=O) groups excluding carboxylic acids is 2. The highest BCUT2D eigenvalue weighted by Crippen LogP contribution is 2.31. The molecule has 194 valence electrons. The van der Waals surface area contributed by atoms with Crippen molar-refractivity contribution < 1.29 is 14.3 Å². The molecule has 1 aliphatic heterocycles. The Morgan fingerprint density at radius 2 is 1.41 bits per heavy atom. The lowest BCUT2D eigenvalue weighted by Gasteiger charge is -2.38. The molecule has 3 amide bonds. The maximum atomic E-state index is 13.2. The summed E-state index contributed by atoms with van der Waals surface area (Å²) >= 11 is 0. The third-order valence-electron chi connectivity index (χ3n) is 6.27. The molecule has 8 heteroatoms. The molecule has 0 radical (unpaired) electrons. The lowest BCUT2D eigenvalue weighted by atomic mass is 10.1. The van der Waals surface area contributed by atoms with Gasteiger partial charge in [0.25, 0.3) is 5.91 Å². The summed E-state index contributed by atoms with van der Waals surface area (Å²) in [5, 5.41) is 8.68. The number of hydrogen-bond acceptors (Lipinski definition) is 5. The number of ether oxygens (including phenoxy) is 1. The van der Waals surface area contributed by atoms with Gasteiger partial charge in [-0.05, 0) is 63.2 Å². The molecular formula is C29H35N5O3. The Hall–Kier alpha value is -4.20. The number of hydrogen-bond donors (Lipinski definition) is 3. The molecule has 0 unspecified atom stereocenters. The Morgan fingerprint density at radius 3 is 2.05 bits per heavy atom. The van der Waals surface area contributed by atoms with Crippen LogP contribution in [0.2, 0.25) is 0 Å². The monoisotopic (exact) mass is 501 g/mol. The van der Waals surface area contributed by atoms with Gasteiger partial charge in [-0.25, -0.2) is 4.79 Å². The van der Waals surface area contributed by atoms with Crippen LogP contribution in [0.25, 0.3) is 0 Å². The number of nitrogens with one attached hydrogen (secondary N) is 3. The van der Waals surface area contributed by atoms with Crippen LogP contribution in [0.1, 0.15) is 29.8 Å². The first-order valence-electron chi connectivity index (χ1n) is 12.6. The van der Waals surface area contributed by atoms with Gasteiger partial charge in [-0.1, -0.05) is 29.8 Å². The van der Waals surface area contributed by atoms with Crippen molar-refractivity contribution in [1.82, 2.24) is 5.32 Å². The van der Waals surface area contributed by atoms with Crippen LogP contribution in [0.15, 0.2) is 66.7 Å². The topological polar surface area (TPSA) is 85.9 Å². The predicted octanol–water partition coefficient (Wildman–Crippen LogP) is 5.11. The second kappa shape index (κ2) is 11.7. The fraction of sp³-hybridized carbons (Fsp3) is 0.310. The third kappa shape index (κ3) is 6.52. The zero-order chi connectivity index (χ0) is 26.4. The number of piperazine rings is 1. The number of aryl methyl sites for hydroxylation is 1. The first-order chi connectivity index (χ1) is 17.8. The molecule has 4 rings (SSSR count). The number of urea groups is 1. The van der Waals surface area contributed by atoms with E-state index in [1.807, 2.05) is 75.4 Å². The van der Waals surface area contributed by atoms with Crippen LogP contribution in [-0.2, 0) is 0 Å². The molecule has 0 atom stereocenters. The van der Waals surface area contributed by atoms with Crippen LogP contribution in [0.3, 0.4) is 0 Å². The Kier molecular flexibility index (Phi) is 8.18. The number of methoxy groups -OCH3 is 1. The van der Waals surface area contributed by atoms with E-state index in [1.165, 1.54) is 0 Å². The third-order valence-corrected chi connectivity index (χ3v) is 6.27. The van der Waals surface area contributed by atoms with E-state index < -0.39 is 0 Å². The maximum Gasteiger partial charge on any atom is 0.323 e. The maximum absolute atomic E-state index is 13.2. The normalized spacial score (nSPS) is 13.3. The Morgan fingerprint density at radius 1 is 0.811 bits per heavy atom. The van der Waals surface area contributed by atoms with Crippen LogP contribution in [0.4, 0.5) is 27.5 Å². The summed E-state index contributed by atoms with van der Waals surface area (Å²) in [6.07, 6.45) is 0. The van der Waals surface area contributed by atoms with Crippen molar-refractivity contribution in [3.05, 3.63) is 77.9 Å². The van der Waals surface area contributed by atoms with Crippen LogP contribution >= 0.6 is 0 Å². The van der Waals surface area contributed by atoms with Crippen LogP contribution < -0.4 is 30.5 Å². The first kappa shape index (κ1) is 25.9. The number of carbonyl (C=O) groups is 2. The summed E-state index contributed by atoms with van der Waals surface area (Å²) in [5.74, 6) is 0.687. The summed E-state index contributed by atoms with van der Waals surface area (Å²) in [4.78, 5) is 30.3. The molecule has 0 bridgehead atoms. The smallest absolute Gasteiger partial charge is 0.323 e. The van der Waals surface area contributed by atoms with Gasteiger partial charge in [-0.2, -0.15) is 0 Å². The second-order valence-corrected chi connectivity index (χ2v) is 9.45. The van der Waals surface area contributed by atoms with E-state index in [0.29, 0.717) is 16.9 Å². The van der Waals surface area contributed by atoms with Crippen LogP contribution in [0, 0.1) is 6.92 Å². The standard InChI is InChI=1S/C29H35N5O3/c1-20(2)30-28(35)24-19-23(32-29(36)31-22-11-9-21(3)10-12-22)13-14-25(24)33-15-17-34(18-16-33)26-7-5-6-8-27(26)37-4/h5-14,19-20H,15-18H2,1-4H3,(H,30,35)(H2,31,32,36). The number of para-hydroxylation sites is 2. The fourth-order valence-electron chi connectivity index (χ4n) is 4.42. The molecule has 1 saturated heterocycles. The Bertz CT molecular complexity index is 1230. The Labute approximate surface area is 218 Å². The highest BCUT2D eigenvalue weighted by molar-refractivity contribution is 6.04. The number of amides is 3. The molecule has 3 aromatic carbocycles. The van der Waals surface area contributed by atoms with E-state index in [1.54, 1.807) is 13.2 Å². The van der Waals surface area contributed by atoms with Crippen molar-refractivity contribution in [1.29, 1.82) is 0 Å². The molecule has 37 heavy (non-hydrogen) atoms. The average molecular weight is 502 g/mol. The number of rotatable bonds is 7.